The van der Waals surface area contributed by atoms with Crippen LogP contribution in [0.15, 0.2) is 30.3 Å². The molecule has 0 radical (unpaired) electrons. The van der Waals surface area contributed by atoms with E-state index in [0.29, 0.717) is 6.54 Å². The molecule has 4 heteroatoms. The number of nitrogens with one attached hydrogen (secondary N) is 1. The lowest BCUT2D eigenvalue weighted by molar-refractivity contribution is -0.00544. The normalized spacial score (nSPS) is 12.7. The number of hydrogen-bond acceptors (Lipinski definition) is 4. The number of aliphatic hydroxyl groups is 1. The van der Waals surface area contributed by atoms with Crippen molar-refractivity contribution in [1.82, 2.24) is 10.3 Å². The van der Waals surface area contributed by atoms with E-state index in [-0.39, 0.29) is 0 Å². The second-order valence-electron chi connectivity index (χ2n) is 6.37. The number of hydrogen-bond donors (Lipinski definition) is 2. The molecule has 0 amide bonds. The van der Waals surface area contributed by atoms with E-state index in [1.165, 1.54) is 0 Å². The third-order valence-electron chi connectivity index (χ3n) is 4.20. The van der Waals surface area contributed by atoms with Crippen molar-refractivity contribution in [1.29, 1.82) is 0 Å². The fourth-order valence-corrected chi connectivity index (χ4v) is 1.95. The van der Waals surface area contributed by atoms with Crippen LogP contribution < -0.4 is 10.1 Å². The summed E-state index contributed by atoms with van der Waals surface area (Å²) in [4.78, 5) is 4.66. The first-order valence-corrected chi connectivity index (χ1v) is 7.15. The highest BCUT2D eigenvalue weighted by atomic mass is 16.5. The van der Waals surface area contributed by atoms with Crippen LogP contribution in [0.25, 0.3) is 10.9 Å². The van der Waals surface area contributed by atoms with Gasteiger partial charge in [-0.05, 0) is 39.8 Å². The summed E-state index contributed by atoms with van der Waals surface area (Å²) < 4.78 is 5.36. The number of nitrogens with zero attached hydrogens (tertiary/aromatic N) is 1. The lowest BCUT2D eigenvalue weighted by atomic mass is 9.86. The Morgan fingerprint density at radius 2 is 1.86 bits per heavy atom. The van der Waals surface area contributed by atoms with Gasteiger partial charge in [-0.2, -0.15) is 0 Å². The molecule has 0 unspecified atom stereocenters. The molecule has 0 saturated heterocycles. The SMILES string of the molecule is COc1cccc2ccc(CNC(C)(C)C(C)(C)O)nc12. The van der Waals surface area contributed by atoms with Crippen molar-refractivity contribution in [2.45, 2.75) is 45.4 Å². The first-order valence-electron chi connectivity index (χ1n) is 7.15. The van der Waals surface area contributed by atoms with Crippen molar-refractivity contribution in [2.24, 2.45) is 0 Å². The van der Waals surface area contributed by atoms with Crippen LogP contribution in [-0.2, 0) is 6.54 Å². The number of ether oxygens (including phenoxy) is 1. The highest BCUT2D eigenvalue weighted by molar-refractivity contribution is 5.84. The summed E-state index contributed by atoms with van der Waals surface area (Å²) in [7, 11) is 1.65. The summed E-state index contributed by atoms with van der Waals surface area (Å²) in [6.07, 6.45) is 0. The number of pyridine rings is 1. The number of para-hydroxylation sites is 1. The molecule has 0 spiro atoms. The van der Waals surface area contributed by atoms with E-state index >= 15 is 0 Å². The van der Waals surface area contributed by atoms with Gasteiger partial charge in [0, 0.05) is 17.5 Å². The minimum absolute atomic E-state index is 0.412. The maximum absolute atomic E-state index is 10.2. The van der Waals surface area contributed by atoms with Crippen LogP contribution in [0.1, 0.15) is 33.4 Å². The van der Waals surface area contributed by atoms with Gasteiger partial charge in [0.05, 0.1) is 18.4 Å². The zero-order chi connectivity index (χ0) is 15.7. The molecule has 0 atom stereocenters. The molecule has 0 saturated carbocycles. The third kappa shape index (κ3) is 3.34. The zero-order valence-electron chi connectivity index (χ0n) is 13.4. The maximum Gasteiger partial charge on any atom is 0.145 e. The van der Waals surface area contributed by atoms with E-state index in [9.17, 15) is 5.11 Å². The van der Waals surface area contributed by atoms with Gasteiger partial charge in [0.2, 0.25) is 0 Å². The van der Waals surface area contributed by atoms with Gasteiger partial charge in [-0.3, -0.25) is 0 Å². The Morgan fingerprint density at radius 3 is 2.48 bits per heavy atom. The van der Waals surface area contributed by atoms with Crippen molar-refractivity contribution >= 4 is 10.9 Å². The molecule has 0 aliphatic heterocycles. The molecule has 2 rings (SSSR count). The predicted octanol–water partition coefficient (Wildman–Crippen LogP) is 2.88. The van der Waals surface area contributed by atoms with E-state index in [0.717, 1.165) is 22.3 Å². The maximum atomic E-state index is 10.2. The van der Waals surface area contributed by atoms with Gasteiger partial charge in [0.15, 0.2) is 0 Å². The molecule has 0 aliphatic carbocycles. The Labute approximate surface area is 126 Å². The molecule has 114 valence electrons. The number of methoxy groups -OCH3 is 1. The van der Waals surface area contributed by atoms with Gasteiger partial charge >= 0.3 is 0 Å². The first kappa shape index (κ1) is 15.7. The fraction of sp³-hybridized carbons (Fsp3) is 0.471. The highest BCUT2D eigenvalue weighted by Gasteiger charge is 2.34. The van der Waals surface area contributed by atoms with Gasteiger partial charge in [-0.15, -0.1) is 0 Å². The zero-order valence-corrected chi connectivity index (χ0v) is 13.4. The molecule has 1 aromatic heterocycles. The highest BCUT2D eigenvalue weighted by Crippen LogP contribution is 2.24. The Bertz CT molecular complexity index is 630. The quantitative estimate of drug-likeness (QED) is 0.888. The molecule has 1 aromatic carbocycles. The Balaban J connectivity index is 2.24. The average molecular weight is 288 g/mol. The second-order valence-corrected chi connectivity index (χ2v) is 6.37. The first-order chi connectivity index (χ1) is 9.74. The summed E-state index contributed by atoms with van der Waals surface area (Å²) in [6.45, 7) is 8.15. The van der Waals surface area contributed by atoms with E-state index < -0.39 is 11.1 Å². The summed E-state index contributed by atoms with van der Waals surface area (Å²) in [5.74, 6) is 0.774. The van der Waals surface area contributed by atoms with E-state index in [1.807, 2.05) is 44.2 Å². The molecule has 2 N–H and O–H groups in total. The average Bonchev–Trinajstić information content (AvgIpc) is 2.43. The summed E-state index contributed by atoms with van der Waals surface area (Å²) >= 11 is 0. The van der Waals surface area contributed by atoms with Gasteiger partial charge in [0.25, 0.3) is 0 Å². The number of benzene rings is 1. The minimum Gasteiger partial charge on any atom is -0.494 e. The summed E-state index contributed by atoms with van der Waals surface area (Å²) in [5, 5.41) is 14.6. The van der Waals surface area contributed by atoms with E-state index in [4.69, 9.17) is 4.74 Å². The molecule has 0 fully saturated rings. The molecule has 2 aromatic rings. The molecule has 1 heterocycles. The summed E-state index contributed by atoms with van der Waals surface area (Å²) in [6, 6.07) is 9.92. The molecule has 4 nitrogen and oxygen atoms in total. The Hall–Kier alpha value is -1.65. The van der Waals surface area contributed by atoms with Crippen LogP contribution in [-0.4, -0.2) is 28.3 Å². The molecular formula is C17H24N2O2. The Kier molecular flexibility index (Phi) is 4.21. The van der Waals surface area contributed by atoms with Crippen LogP contribution in [0, 0.1) is 0 Å². The van der Waals surface area contributed by atoms with Crippen molar-refractivity contribution in [2.75, 3.05) is 7.11 Å². The van der Waals surface area contributed by atoms with Crippen molar-refractivity contribution in [3.63, 3.8) is 0 Å². The van der Waals surface area contributed by atoms with Crippen molar-refractivity contribution in [3.05, 3.63) is 36.0 Å². The monoisotopic (exact) mass is 288 g/mol. The van der Waals surface area contributed by atoms with Crippen LogP contribution >= 0.6 is 0 Å². The number of rotatable bonds is 5. The lowest BCUT2D eigenvalue weighted by Gasteiger charge is -2.38. The van der Waals surface area contributed by atoms with Gasteiger partial charge < -0.3 is 15.2 Å². The number of aromatic nitrogens is 1. The van der Waals surface area contributed by atoms with E-state index in [2.05, 4.69) is 10.3 Å². The molecular weight excluding hydrogens is 264 g/mol. The minimum atomic E-state index is -0.818. The van der Waals surface area contributed by atoms with Crippen LogP contribution in [0.4, 0.5) is 0 Å². The van der Waals surface area contributed by atoms with Crippen molar-refractivity contribution < 1.29 is 9.84 Å². The van der Waals surface area contributed by atoms with Crippen LogP contribution in [0.2, 0.25) is 0 Å². The van der Waals surface area contributed by atoms with Crippen LogP contribution in [0.3, 0.4) is 0 Å². The van der Waals surface area contributed by atoms with Gasteiger partial charge in [-0.1, -0.05) is 18.2 Å². The van der Waals surface area contributed by atoms with E-state index in [1.54, 1.807) is 21.0 Å². The molecule has 21 heavy (non-hydrogen) atoms. The van der Waals surface area contributed by atoms with Gasteiger partial charge in [0.1, 0.15) is 11.3 Å². The largest absolute Gasteiger partial charge is 0.494 e. The predicted molar refractivity (Wildman–Crippen MR) is 85.5 cm³/mol. The standard InChI is InChI=1S/C17H24N2O2/c1-16(2,17(3,4)20)18-11-13-10-9-12-7-6-8-14(21-5)15(12)19-13/h6-10,18,20H,11H2,1-5H3. The fourth-order valence-electron chi connectivity index (χ4n) is 1.95. The van der Waals surface area contributed by atoms with Crippen LogP contribution in [0.5, 0.6) is 5.75 Å². The summed E-state index contributed by atoms with van der Waals surface area (Å²) in [5.41, 5.74) is 0.552. The smallest absolute Gasteiger partial charge is 0.145 e. The Morgan fingerprint density at radius 1 is 1.14 bits per heavy atom. The number of fused-ring (bicyclic) bond motifs is 1. The molecule has 0 aliphatic rings. The van der Waals surface area contributed by atoms with Gasteiger partial charge in [-0.25, -0.2) is 4.98 Å². The second kappa shape index (κ2) is 5.62. The third-order valence-corrected chi connectivity index (χ3v) is 4.20. The topological polar surface area (TPSA) is 54.4 Å². The lowest BCUT2D eigenvalue weighted by Crippen LogP contribution is -2.55. The van der Waals surface area contributed by atoms with Crippen molar-refractivity contribution in [3.8, 4) is 5.75 Å². The molecule has 0 bridgehead atoms.